The number of amidine groups is 1. The first kappa shape index (κ1) is 19.5. The zero-order valence-corrected chi connectivity index (χ0v) is 18.6. The van der Waals surface area contributed by atoms with Gasteiger partial charge in [0.05, 0.1) is 31.6 Å². The number of pyridine rings is 1. The van der Waals surface area contributed by atoms with E-state index in [9.17, 15) is 0 Å². The number of anilines is 1. The van der Waals surface area contributed by atoms with Crippen molar-refractivity contribution >= 4 is 22.6 Å². The van der Waals surface area contributed by atoms with Crippen LogP contribution in [0.2, 0.25) is 0 Å². The van der Waals surface area contributed by atoms with Crippen molar-refractivity contribution in [2.45, 2.75) is 37.1 Å². The summed E-state index contributed by atoms with van der Waals surface area (Å²) < 4.78 is 11.8. The van der Waals surface area contributed by atoms with Crippen molar-refractivity contribution in [2.75, 3.05) is 38.8 Å². The van der Waals surface area contributed by atoms with Crippen molar-refractivity contribution < 1.29 is 9.47 Å². The molecular weight excluding hydrogens is 396 g/mol. The van der Waals surface area contributed by atoms with Crippen LogP contribution in [0.4, 0.5) is 5.69 Å². The van der Waals surface area contributed by atoms with Crippen molar-refractivity contribution in [1.82, 2.24) is 9.88 Å². The van der Waals surface area contributed by atoms with Crippen molar-refractivity contribution in [3.8, 4) is 11.5 Å². The zero-order valence-electron chi connectivity index (χ0n) is 17.7. The molecule has 2 fully saturated rings. The fourth-order valence-electron chi connectivity index (χ4n) is 4.80. The first-order valence-corrected chi connectivity index (χ1v) is 11.5. The Morgan fingerprint density at radius 1 is 1.07 bits per heavy atom. The highest BCUT2D eigenvalue weighted by Crippen LogP contribution is 2.51. The van der Waals surface area contributed by atoms with Gasteiger partial charge in [-0.25, -0.2) is 0 Å². The number of fused-ring (bicyclic) bond motifs is 1. The van der Waals surface area contributed by atoms with Crippen molar-refractivity contribution in [3.05, 3.63) is 47.8 Å². The molecule has 0 radical (unpaired) electrons. The van der Waals surface area contributed by atoms with Gasteiger partial charge < -0.3 is 19.3 Å². The summed E-state index contributed by atoms with van der Waals surface area (Å²) in [5, 5.41) is 1.63. The monoisotopic (exact) mass is 424 g/mol. The molecular formula is C23H28N4O2S. The number of thioether (sulfide) groups is 1. The Morgan fingerprint density at radius 2 is 1.87 bits per heavy atom. The molecule has 3 atom stereocenters. The Hall–Kier alpha value is -2.41. The summed E-state index contributed by atoms with van der Waals surface area (Å²) in [6.45, 7) is 5.35. The van der Waals surface area contributed by atoms with Crippen LogP contribution in [0.25, 0.3) is 0 Å². The Labute approximate surface area is 182 Å². The predicted octanol–water partition coefficient (Wildman–Crippen LogP) is 4.29. The smallest absolute Gasteiger partial charge is 0.160 e. The average Bonchev–Trinajstić information content (AvgIpc) is 3.49. The predicted molar refractivity (Wildman–Crippen MR) is 122 cm³/mol. The molecule has 0 aliphatic carbocycles. The van der Waals surface area contributed by atoms with Crippen LogP contribution in [-0.4, -0.2) is 54.2 Å². The SMILES string of the molecule is COc1cc(N2CCCC2)c(OC)cc1C1C(c2ccccn2)N=C2SC(C)CN21. The minimum absolute atomic E-state index is 0.0452. The van der Waals surface area contributed by atoms with Gasteiger partial charge in [-0.15, -0.1) is 0 Å². The van der Waals surface area contributed by atoms with E-state index in [1.54, 1.807) is 14.2 Å². The molecule has 1 aromatic heterocycles. The number of hydrogen-bond donors (Lipinski definition) is 0. The molecule has 3 aliphatic heterocycles. The minimum atomic E-state index is -0.0579. The maximum absolute atomic E-state index is 5.93. The van der Waals surface area contributed by atoms with E-state index in [4.69, 9.17) is 14.5 Å². The van der Waals surface area contributed by atoms with Gasteiger partial charge in [0.1, 0.15) is 17.5 Å². The first-order valence-electron chi connectivity index (χ1n) is 10.6. The van der Waals surface area contributed by atoms with Crippen molar-refractivity contribution in [1.29, 1.82) is 0 Å². The van der Waals surface area contributed by atoms with E-state index in [1.165, 1.54) is 12.8 Å². The maximum Gasteiger partial charge on any atom is 0.160 e. The molecule has 5 rings (SSSR count). The van der Waals surface area contributed by atoms with E-state index in [2.05, 4.69) is 39.9 Å². The highest BCUT2D eigenvalue weighted by molar-refractivity contribution is 8.14. The van der Waals surface area contributed by atoms with Gasteiger partial charge in [-0.1, -0.05) is 24.8 Å². The molecule has 0 amide bonds. The van der Waals surface area contributed by atoms with Gasteiger partial charge in [0.2, 0.25) is 0 Å². The largest absolute Gasteiger partial charge is 0.496 e. The molecule has 0 N–H and O–H groups in total. The van der Waals surface area contributed by atoms with Gasteiger partial charge in [-0.05, 0) is 31.0 Å². The molecule has 0 saturated carbocycles. The number of hydrogen-bond acceptors (Lipinski definition) is 7. The Kier molecular flexibility index (Phi) is 5.23. The highest BCUT2D eigenvalue weighted by Gasteiger charge is 2.45. The Balaban J connectivity index is 1.61. The van der Waals surface area contributed by atoms with Crippen LogP contribution in [0.1, 0.15) is 43.1 Å². The fraction of sp³-hybridized carbons (Fsp3) is 0.478. The third kappa shape index (κ3) is 3.29. The Bertz CT molecular complexity index is 946. The van der Waals surface area contributed by atoms with Crippen LogP contribution < -0.4 is 14.4 Å². The van der Waals surface area contributed by atoms with E-state index in [0.29, 0.717) is 5.25 Å². The van der Waals surface area contributed by atoms with Crippen LogP contribution >= 0.6 is 11.8 Å². The van der Waals surface area contributed by atoms with Gasteiger partial charge in [-0.3, -0.25) is 9.98 Å². The number of benzene rings is 1. The van der Waals surface area contributed by atoms with Crippen LogP contribution in [-0.2, 0) is 0 Å². The molecule has 30 heavy (non-hydrogen) atoms. The van der Waals surface area contributed by atoms with E-state index >= 15 is 0 Å². The third-order valence-electron chi connectivity index (χ3n) is 6.18. The van der Waals surface area contributed by atoms with Gasteiger partial charge in [0.15, 0.2) is 5.17 Å². The molecule has 2 aromatic rings. The van der Waals surface area contributed by atoms with Crippen molar-refractivity contribution in [3.63, 3.8) is 0 Å². The molecule has 3 aliphatic rings. The minimum Gasteiger partial charge on any atom is -0.496 e. The first-order chi connectivity index (χ1) is 14.7. The van der Waals surface area contributed by atoms with Crippen LogP contribution in [0.3, 0.4) is 0 Å². The molecule has 7 heteroatoms. The van der Waals surface area contributed by atoms with Gasteiger partial charge in [-0.2, -0.15) is 0 Å². The zero-order chi connectivity index (χ0) is 20.7. The quantitative estimate of drug-likeness (QED) is 0.714. The van der Waals surface area contributed by atoms with Gasteiger partial charge >= 0.3 is 0 Å². The number of aliphatic imine (C=N–C) groups is 1. The average molecular weight is 425 g/mol. The normalized spacial score (nSPS) is 25.4. The number of methoxy groups -OCH3 is 2. The topological polar surface area (TPSA) is 50.2 Å². The lowest BCUT2D eigenvalue weighted by atomic mass is 9.94. The summed E-state index contributed by atoms with van der Waals surface area (Å²) in [5.74, 6) is 1.80. The molecule has 2 saturated heterocycles. The summed E-state index contributed by atoms with van der Waals surface area (Å²) in [6.07, 6.45) is 4.29. The van der Waals surface area contributed by atoms with E-state index in [1.807, 2.05) is 30.1 Å². The van der Waals surface area contributed by atoms with Crippen molar-refractivity contribution in [2.24, 2.45) is 4.99 Å². The second kappa shape index (κ2) is 8.02. The standard InChI is InChI=1S/C23H28N4O2S/c1-15-14-27-22(21(25-23(27)30-15)17-8-4-5-9-24-17)16-12-20(29-3)18(13-19(16)28-2)26-10-6-7-11-26/h4-5,8-9,12-13,15,21-22H,6-7,10-11,14H2,1-3H3. The van der Waals surface area contributed by atoms with Crippen LogP contribution in [0.15, 0.2) is 41.5 Å². The molecule has 0 bridgehead atoms. The summed E-state index contributed by atoms with van der Waals surface area (Å²) in [4.78, 5) is 14.5. The van der Waals surface area contributed by atoms with E-state index in [0.717, 1.165) is 53.2 Å². The van der Waals surface area contributed by atoms with Gasteiger partial charge in [0, 0.05) is 42.7 Å². The number of ether oxygens (including phenoxy) is 2. The molecule has 1 aromatic carbocycles. The maximum atomic E-state index is 5.93. The number of aromatic nitrogens is 1. The van der Waals surface area contributed by atoms with E-state index in [-0.39, 0.29) is 12.1 Å². The summed E-state index contributed by atoms with van der Waals surface area (Å²) in [6, 6.07) is 10.4. The molecule has 158 valence electrons. The van der Waals surface area contributed by atoms with Gasteiger partial charge in [0.25, 0.3) is 0 Å². The van der Waals surface area contributed by atoms with E-state index < -0.39 is 0 Å². The molecule has 6 nitrogen and oxygen atoms in total. The molecule has 0 spiro atoms. The Morgan fingerprint density at radius 3 is 2.57 bits per heavy atom. The van der Waals surface area contributed by atoms with Crippen LogP contribution in [0, 0.1) is 0 Å². The lowest BCUT2D eigenvalue weighted by Gasteiger charge is -2.30. The molecule has 4 heterocycles. The summed E-state index contributed by atoms with van der Waals surface area (Å²) >= 11 is 1.85. The van der Waals surface area contributed by atoms with Crippen LogP contribution in [0.5, 0.6) is 11.5 Å². The second-order valence-corrected chi connectivity index (χ2v) is 9.50. The fourth-order valence-corrected chi connectivity index (χ4v) is 5.89. The lowest BCUT2D eigenvalue weighted by Crippen LogP contribution is -2.29. The molecule has 3 unspecified atom stereocenters. The summed E-state index contributed by atoms with van der Waals surface area (Å²) in [7, 11) is 3.51. The second-order valence-electron chi connectivity index (χ2n) is 8.10. The highest BCUT2D eigenvalue weighted by atomic mass is 32.2. The third-order valence-corrected chi connectivity index (χ3v) is 7.28. The number of rotatable bonds is 5. The summed E-state index contributed by atoms with van der Waals surface area (Å²) in [5.41, 5.74) is 3.22. The number of nitrogens with zero attached hydrogens (tertiary/aromatic N) is 4. The lowest BCUT2D eigenvalue weighted by molar-refractivity contribution is 0.306.